The van der Waals surface area contributed by atoms with Gasteiger partial charge in [0.15, 0.2) is 0 Å². The highest BCUT2D eigenvalue weighted by Gasteiger charge is 2.32. The summed E-state index contributed by atoms with van der Waals surface area (Å²) >= 11 is 1.38. The van der Waals surface area contributed by atoms with Crippen LogP contribution in [0.2, 0.25) is 0 Å². The van der Waals surface area contributed by atoms with Crippen LogP contribution < -0.4 is 0 Å². The van der Waals surface area contributed by atoms with E-state index in [4.69, 9.17) is 4.74 Å². The number of nitrogens with zero attached hydrogens (tertiary/aromatic N) is 1. The summed E-state index contributed by atoms with van der Waals surface area (Å²) in [7, 11) is 1.58. The lowest BCUT2D eigenvalue weighted by molar-refractivity contribution is 0.0731. The molecule has 0 spiro atoms. The van der Waals surface area contributed by atoms with E-state index in [1.54, 1.807) is 13.2 Å². The Hall–Kier alpha value is -2.24. The van der Waals surface area contributed by atoms with Crippen LogP contribution in [0.4, 0.5) is 4.39 Å². The van der Waals surface area contributed by atoms with Gasteiger partial charge in [0.2, 0.25) is 0 Å². The van der Waals surface area contributed by atoms with Gasteiger partial charge in [-0.3, -0.25) is 4.79 Å². The van der Waals surface area contributed by atoms with Crippen LogP contribution in [0.15, 0.2) is 48.5 Å². The highest BCUT2D eigenvalue weighted by atomic mass is 32.1. The number of carbonyl (C=O) groups is 1. The third-order valence-corrected chi connectivity index (χ3v) is 6.68. The third kappa shape index (κ3) is 3.69. The largest absolute Gasteiger partial charge is 0.380 e. The lowest BCUT2D eigenvalue weighted by Crippen LogP contribution is -2.35. The van der Waals surface area contributed by atoms with Gasteiger partial charge in [-0.15, -0.1) is 11.3 Å². The fraction of sp³-hybridized carbons (Fsp3) is 0.348. The fourth-order valence-electron chi connectivity index (χ4n) is 4.13. The standard InChI is InChI=1S/C23H24FNO2S/c1-27-15-18-21-19(24)10-5-11-20(21)28-22(18)23(26)25-14-6-9-17(25)13-12-16-7-3-2-4-8-16/h2-5,7-8,10-11,17H,6,9,12-15H2,1H3. The van der Waals surface area contributed by atoms with Crippen LogP contribution in [0.25, 0.3) is 10.1 Å². The van der Waals surface area contributed by atoms with Crippen molar-refractivity contribution >= 4 is 27.3 Å². The van der Waals surface area contributed by atoms with E-state index in [1.807, 2.05) is 17.0 Å². The van der Waals surface area contributed by atoms with Crippen LogP contribution in [-0.4, -0.2) is 30.5 Å². The Morgan fingerprint density at radius 2 is 2.04 bits per heavy atom. The van der Waals surface area contributed by atoms with E-state index in [0.717, 1.165) is 36.9 Å². The number of amides is 1. The number of methoxy groups -OCH3 is 1. The molecule has 3 aromatic rings. The molecule has 1 saturated heterocycles. The van der Waals surface area contributed by atoms with Crippen LogP contribution in [0.5, 0.6) is 0 Å². The number of fused-ring (bicyclic) bond motifs is 1. The molecule has 5 heteroatoms. The van der Waals surface area contributed by atoms with E-state index in [2.05, 4.69) is 24.3 Å². The quantitative estimate of drug-likeness (QED) is 0.555. The average Bonchev–Trinajstić information content (AvgIpc) is 3.33. The molecule has 3 nitrogen and oxygen atoms in total. The highest BCUT2D eigenvalue weighted by Crippen LogP contribution is 2.36. The van der Waals surface area contributed by atoms with Crippen LogP contribution in [0.3, 0.4) is 0 Å². The van der Waals surface area contributed by atoms with Gasteiger partial charge in [-0.05, 0) is 43.4 Å². The van der Waals surface area contributed by atoms with Gasteiger partial charge in [-0.2, -0.15) is 0 Å². The van der Waals surface area contributed by atoms with Gasteiger partial charge >= 0.3 is 0 Å². The molecule has 1 fully saturated rings. The van der Waals surface area contributed by atoms with E-state index in [0.29, 0.717) is 15.8 Å². The molecule has 0 N–H and O–H groups in total. The number of benzene rings is 2. The SMILES string of the molecule is COCc1c(C(=O)N2CCCC2CCc2ccccc2)sc2cccc(F)c12. The van der Waals surface area contributed by atoms with Crippen molar-refractivity contribution in [2.24, 2.45) is 0 Å². The molecule has 4 rings (SSSR count). The molecule has 0 radical (unpaired) electrons. The first-order valence-corrected chi connectivity index (χ1v) is 10.5. The summed E-state index contributed by atoms with van der Waals surface area (Å²) in [5.41, 5.74) is 1.98. The fourth-order valence-corrected chi connectivity index (χ4v) is 5.31. The molecule has 0 aliphatic carbocycles. The summed E-state index contributed by atoms with van der Waals surface area (Å²) in [6.07, 6.45) is 3.96. The van der Waals surface area contributed by atoms with Crippen molar-refractivity contribution in [2.45, 2.75) is 38.3 Å². The smallest absolute Gasteiger partial charge is 0.264 e. The zero-order chi connectivity index (χ0) is 19.5. The highest BCUT2D eigenvalue weighted by molar-refractivity contribution is 7.21. The van der Waals surface area contributed by atoms with Crippen molar-refractivity contribution in [3.8, 4) is 0 Å². The summed E-state index contributed by atoms with van der Waals surface area (Å²) in [5.74, 6) is -0.273. The molecule has 0 saturated carbocycles. The van der Waals surface area contributed by atoms with Gasteiger partial charge in [0, 0.05) is 35.3 Å². The molecule has 1 aromatic heterocycles. The first kappa shape index (κ1) is 19.1. The maximum absolute atomic E-state index is 14.4. The van der Waals surface area contributed by atoms with Gasteiger partial charge in [0.05, 0.1) is 11.5 Å². The van der Waals surface area contributed by atoms with Gasteiger partial charge in [0.1, 0.15) is 5.82 Å². The van der Waals surface area contributed by atoms with Crippen molar-refractivity contribution in [2.75, 3.05) is 13.7 Å². The monoisotopic (exact) mass is 397 g/mol. The van der Waals surface area contributed by atoms with Crippen LogP contribution in [-0.2, 0) is 17.8 Å². The second-order valence-corrected chi connectivity index (χ2v) is 8.33. The minimum atomic E-state index is -0.290. The maximum Gasteiger partial charge on any atom is 0.264 e. The molecule has 2 aromatic carbocycles. The molecule has 1 aliphatic rings. The summed E-state index contributed by atoms with van der Waals surface area (Å²) in [4.78, 5) is 16.0. The number of ether oxygens (including phenoxy) is 1. The van der Waals surface area contributed by atoms with Crippen molar-refractivity contribution in [1.29, 1.82) is 0 Å². The molecule has 1 atom stereocenters. The minimum Gasteiger partial charge on any atom is -0.380 e. The number of hydrogen-bond acceptors (Lipinski definition) is 3. The minimum absolute atomic E-state index is 0.0169. The summed E-state index contributed by atoms with van der Waals surface area (Å²) in [6.45, 7) is 1.01. The molecule has 28 heavy (non-hydrogen) atoms. The first-order valence-electron chi connectivity index (χ1n) is 9.72. The zero-order valence-electron chi connectivity index (χ0n) is 16.0. The molecular formula is C23H24FNO2S. The van der Waals surface area contributed by atoms with Gasteiger partial charge in [0.25, 0.3) is 5.91 Å². The predicted octanol–water partition coefficient (Wildman–Crippen LogP) is 5.42. The number of rotatable bonds is 6. The third-order valence-electron chi connectivity index (χ3n) is 5.49. The molecular weight excluding hydrogens is 373 g/mol. The Balaban J connectivity index is 1.59. The number of hydrogen-bond donors (Lipinski definition) is 0. The predicted molar refractivity (Wildman–Crippen MR) is 111 cm³/mol. The van der Waals surface area contributed by atoms with E-state index in [-0.39, 0.29) is 24.4 Å². The van der Waals surface area contributed by atoms with E-state index in [9.17, 15) is 9.18 Å². The van der Waals surface area contributed by atoms with Crippen LogP contribution in [0.1, 0.15) is 40.1 Å². The molecule has 1 amide bonds. The van der Waals surface area contributed by atoms with Crippen molar-refractivity contribution < 1.29 is 13.9 Å². The number of aryl methyl sites for hydroxylation is 1. The maximum atomic E-state index is 14.4. The van der Waals surface area contributed by atoms with Crippen LogP contribution >= 0.6 is 11.3 Å². The zero-order valence-corrected chi connectivity index (χ0v) is 16.8. The Morgan fingerprint density at radius 1 is 1.21 bits per heavy atom. The normalized spacial score (nSPS) is 16.8. The lowest BCUT2D eigenvalue weighted by Gasteiger charge is -2.25. The van der Waals surface area contributed by atoms with E-state index in [1.165, 1.54) is 23.0 Å². The molecule has 1 aliphatic heterocycles. The molecule has 146 valence electrons. The average molecular weight is 398 g/mol. The Morgan fingerprint density at radius 3 is 2.82 bits per heavy atom. The van der Waals surface area contributed by atoms with Crippen molar-refractivity contribution in [3.05, 3.63) is 70.4 Å². The van der Waals surface area contributed by atoms with Gasteiger partial charge in [-0.25, -0.2) is 4.39 Å². The van der Waals surface area contributed by atoms with E-state index < -0.39 is 0 Å². The Labute approximate surface area is 168 Å². The number of carbonyl (C=O) groups excluding carboxylic acids is 1. The number of likely N-dealkylation sites (tertiary alicyclic amines) is 1. The van der Waals surface area contributed by atoms with Crippen molar-refractivity contribution in [3.63, 3.8) is 0 Å². The second kappa shape index (κ2) is 8.41. The van der Waals surface area contributed by atoms with Crippen molar-refractivity contribution in [1.82, 2.24) is 4.90 Å². The number of thiophene rings is 1. The van der Waals surface area contributed by atoms with Gasteiger partial charge < -0.3 is 9.64 Å². The lowest BCUT2D eigenvalue weighted by atomic mass is 10.0. The Bertz CT molecular complexity index is 969. The first-order chi connectivity index (χ1) is 13.7. The second-order valence-electron chi connectivity index (χ2n) is 7.27. The number of halogens is 1. The topological polar surface area (TPSA) is 29.5 Å². The molecule has 2 heterocycles. The summed E-state index contributed by atoms with van der Waals surface area (Å²) in [5, 5.41) is 0.526. The summed E-state index contributed by atoms with van der Waals surface area (Å²) in [6, 6.07) is 15.6. The van der Waals surface area contributed by atoms with Crippen LogP contribution in [0, 0.1) is 5.82 Å². The van der Waals surface area contributed by atoms with Gasteiger partial charge in [-0.1, -0.05) is 36.4 Å². The Kier molecular flexibility index (Phi) is 5.74. The summed E-state index contributed by atoms with van der Waals surface area (Å²) < 4.78 is 20.5. The molecule has 1 unspecified atom stereocenters. The molecule has 0 bridgehead atoms. The van der Waals surface area contributed by atoms with E-state index >= 15 is 0 Å².